The number of rotatable bonds is 7. The molecule has 30 heavy (non-hydrogen) atoms. The molecule has 4 rings (SSSR count). The fraction of sp³-hybridized carbons (Fsp3) is 0.348. The van der Waals surface area contributed by atoms with Gasteiger partial charge in [-0.3, -0.25) is 14.7 Å². The van der Waals surface area contributed by atoms with Gasteiger partial charge in [0.15, 0.2) is 0 Å². The van der Waals surface area contributed by atoms with Crippen molar-refractivity contribution in [3.05, 3.63) is 83.6 Å². The fourth-order valence-corrected chi connectivity index (χ4v) is 3.87. The molecule has 7 heteroatoms. The number of amides is 1. The number of aromatic nitrogens is 2. The molecule has 1 amide bonds. The van der Waals surface area contributed by atoms with Crippen molar-refractivity contribution in [1.29, 1.82) is 0 Å². The molecule has 1 aromatic carbocycles. The van der Waals surface area contributed by atoms with Crippen LogP contribution in [0.4, 0.5) is 4.39 Å². The third-order valence-electron chi connectivity index (χ3n) is 5.26. The number of oxazole rings is 1. The molecule has 1 aliphatic heterocycles. The second-order valence-corrected chi connectivity index (χ2v) is 7.71. The second kappa shape index (κ2) is 9.17. The van der Waals surface area contributed by atoms with Crippen LogP contribution in [0.1, 0.15) is 41.8 Å². The number of likely N-dealkylation sites (tertiary alicyclic amines) is 1. The van der Waals surface area contributed by atoms with Gasteiger partial charge in [0.25, 0.3) is 0 Å². The van der Waals surface area contributed by atoms with Gasteiger partial charge in [-0.1, -0.05) is 18.2 Å². The maximum absolute atomic E-state index is 13.4. The summed E-state index contributed by atoms with van der Waals surface area (Å²) in [5.41, 5.74) is 1.76. The number of likely N-dealkylation sites (N-methyl/N-ethyl adjacent to an activating group) is 1. The van der Waals surface area contributed by atoms with E-state index in [1.807, 2.05) is 41.1 Å². The Hall–Kier alpha value is -3.06. The molecule has 0 bridgehead atoms. The monoisotopic (exact) mass is 408 g/mol. The van der Waals surface area contributed by atoms with Gasteiger partial charge in [-0.2, -0.15) is 0 Å². The predicted octanol–water partition coefficient (Wildman–Crippen LogP) is 3.60. The van der Waals surface area contributed by atoms with Crippen LogP contribution >= 0.6 is 0 Å². The number of hydrogen-bond donors (Lipinski definition) is 0. The summed E-state index contributed by atoms with van der Waals surface area (Å²) in [6.07, 6.45) is 5.65. The average Bonchev–Trinajstić information content (AvgIpc) is 3.38. The first kappa shape index (κ1) is 20.2. The largest absolute Gasteiger partial charge is 0.443 e. The Balaban J connectivity index is 1.38. The van der Waals surface area contributed by atoms with E-state index in [1.54, 1.807) is 18.5 Å². The molecule has 0 spiro atoms. The maximum Gasteiger partial charge on any atom is 0.237 e. The molecule has 1 atom stereocenters. The van der Waals surface area contributed by atoms with Crippen LogP contribution in [0.5, 0.6) is 0 Å². The Morgan fingerprint density at radius 2 is 2.17 bits per heavy atom. The Kier molecular flexibility index (Phi) is 6.18. The lowest BCUT2D eigenvalue weighted by Gasteiger charge is -2.25. The molecular formula is C23H25FN4O2. The summed E-state index contributed by atoms with van der Waals surface area (Å²) in [4.78, 5) is 25.5. The molecule has 3 heterocycles. The van der Waals surface area contributed by atoms with Crippen molar-refractivity contribution < 1.29 is 13.6 Å². The topological polar surface area (TPSA) is 62.5 Å². The molecule has 2 aromatic heterocycles. The van der Waals surface area contributed by atoms with Gasteiger partial charge in [0.05, 0.1) is 18.4 Å². The number of carbonyl (C=O) groups is 1. The Morgan fingerprint density at radius 1 is 1.27 bits per heavy atom. The Bertz CT molecular complexity index is 992. The SMILES string of the molecule is CN(CC(=O)N1CCC[C@H]1c1ncc(Cc2cccc(F)c2)o1)Cc1ccccn1. The van der Waals surface area contributed by atoms with E-state index in [1.165, 1.54) is 12.1 Å². The van der Waals surface area contributed by atoms with E-state index in [0.29, 0.717) is 37.7 Å². The Morgan fingerprint density at radius 3 is 2.97 bits per heavy atom. The van der Waals surface area contributed by atoms with Gasteiger partial charge in [0, 0.05) is 25.7 Å². The number of hydrogen-bond acceptors (Lipinski definition) is 5. The lowest BCUT2D eigenvalue weighted by molar-refractivity contribution is -0.133. The number of nitrogens with zero attached hydrogens (tertiary/aromatic N) is 4. The summed E-state index contributed by atoms with van der Waals surface area (Å²) < 4.78 is 19.3. The van der Waals surface area contributed by atoms with Gasteiger partial charge in [0.2, 0.25) is 11.8 Å². The van der Waals surface area contributed by atoms with Crippen LogP contribution in [0, 0.1) is 5.82 Å². The number of carbonyl (C=O) groups excluding carboxylic acids is 1. The summed E-state index contributed by atoms with van der Waals surface area (Å²) in [5.74, 6) is 1.01. The van der Waals surface area contributed by atoms with Crippen molar-refractivity contribution in [2.45, 2.75) is 31.8 Å². The lowest BCUT2D eigenvalue weighted by atomic mass is 10.1. The van der Waals surface area contributed by atoms with Crippen LogP contribution in [-0.2, 0) is 17.8 Å². The highest BCUT2D eigenvalue weighted by atomic mass is 19.1. The molecule has 0 radical (unpaired) electrons. The van der Waals surface area contributed by atoms with Crippen molar-refractivity contribution in [3.8, 4) is 0 Å². The number of pyridine rings is 1. The van der Waals surface area contributed by atoms with Crippen molar-refractivity contribution in [2.75, 3.05) is 20.1 Å². The van der Waals surface area contributed by atoms with E-state index >= 15 is 0 Å². The molecule has 3 aromatic rings. The van der Waals surface area contributed by atoms with Crippen LogP contribution < -0.4 is 0 Å². The van der Waals surface area contributed by atoms with Crippen molar-refractivity contribution in [3.63, 3.8) is 0 Å². The standard InChI is InChI=1S/C23H25FN4O2/c1-27(15-19-8-2-3-10-25-19)16-22(29)28-11-5-9-21(28)23-26-14-20(30-23)13-17-6-4-7-18(24)12-17/h2-4,6-8,10,12,14,21H,5,9,11,13,15-16H2,1H3/t21-/m0/s1. The van der Waals surface area contributed by atoms with Gasteiger partial charge in [-0.05, 0) is 49.7 Å². The molecule has 6 nitrogen and oxygen atoms in total. The maximum atomic E-state index is 13.4. The zero-order valence-corrected chi connectivity index (χ0v) is 17.0. The van der Waals surface area contributed by atoms with Crippen LogP contribution in [0.15, 0.2) is 59.3 Å². The van der Waals surface area contributed by atoms with Crippen LogP contribution in [0.3, 0.4) is 0 Å². The predicted molar refractivity (Wildman–Crippen MR) is 110 cm³/mol. The van der Waals surface area contributed by atoms with Gasteiger partial charge in [-0.15, -0.1) is 0 Å². The summed E-state index contributed by atoms with van der Waals surface area (Å²) in [7, 11) is 1.92. The first-order valence-corrected chi connectivity index (χ1v) is 10.2. The molecule has 1 fully saturated rings. The summed E-state index contributed by atoms with van der Waals surface area (Å²) in [6.45, 7) is 1.62. The fourth-order valence-electron chi connectivity index (χ4n) is 3.87. The van der Waals surface area contributed by atoms with E-state index in [9.17, 15) is 9.18 Å². The quantitative estimate of drug-likeness (QED) is 0.598. The normalized spacial score (nSPS) is 16.4. The average molecular weight is 408 g/mol. The number of benzene rings is 1. The van der Waals surface area contributed by atoms with Crippen molar-refractivity contribution >= 4 is 5.91 Å². The van der Waals surface area contributed by atoms with E-state index in [4.69, 9.17) is 4.42 Å². The minimum absolute atomic E-state index is 0.0563. The van der Waals surface area contributed by atoms with Crippen molar-refractivity contribution in [1.82, 2.24) is 19.8 Å². The molecular weight excluding hydrogens is 383 g/mol. The minimum atomic E-state index is -0.269. The molecule has 0 unspecified atom stereocenters. The van der Waals surface area contributed by atoms with E-state index in [2.05, 4.69) is 9.97 Å². The smallest absolute Gasteiger partial charge is 0.237 e. The minimum Gasteiger partial charge on any atom is -0.443 e. The van der Waals surface area contributed by atoms with Gasteiger partial charge in [0.1, 0.15) is 17.6 Å². The zero-order chi connectivity index (χ0) is 20.9. The van der Waals surface area contributed by atoms with Gasteiger partial charge >= 0.3 is 0 Å². The zero-order valence-electron chi connectivity index (χ0n) is 17.0. The first-order valence-electron chi connectivity index (χ1n) is 10.2. The number of halogens is 1. The van der Waals surface area contributed by atoms with Crippen LogP contribution in [0.25, 0.3) is 0 Å². The lowest BCUT2D eigenvalue weighted by Crippen LogP contribution is -2.38. The van der Waals surface area contributed by atoms with Crippen LogP contribution in [-0.4, -0.2) is 45.8 Å². The summed E-state index contributed by atoms with van der Waals surface area (Å²) >= 11 is 0. The van der Waals surface area contributed by atoms with E-state index in [-0.39, 0.29) is 17.8 Å². The summed E-state index contributed by atoms with van der Waals surface area (Å²) in [5, 5.41) is 0. The highest BCUT2D eigenvalue weighted by molar-refractivity contribution is 5.79. The third-order valence-corrected chi connectivity index (χ3v) is 5.26. The van der Waals surface area contributed by atoms with Gasteiger partial charge in [-0.25, -0.2) is 9.37 Å². The molecule has 0 N–H and O–H groups in total. The molecule has 156 valence electrons. The van der Waals surface area contributed by atoms with E-state index in [0.717, 1.165) is 24.1 Å². The Labute approximate surface area is 175 Å². The second-order valence-electron chi connectivity index (χ2n) is 7.71. The highest BCUT2D eigenvalue weighted by Crippen LogP contribution is 2.32. The van der Waals surface area contributed by atoms with Gasteiger partial charge < -0.3 is 9.32 Å². The molecule has 1 saturated heterocycles. The molecule has 0 aliphatic carbocycles. The van der Waals surface area contributed by atoms with Crippen LogP contribution in [0.2, 0.25) is 0 Å². The first-order chi connectivity index (χ1) is 14.6. The summed E-state index contributed by atoms with van der Waals surface area (Å²) in [6, 6.07) is 12.1. The van der Waals surface area contributed by atoms with Crippen molar-refractivity contribution in [2.24, 2.45) is 0 Å². The van der Waals surface area contributed by atoms with E-state index < -0.39 is 0 Å². The molecule has 0 saturated carbocycles. The highest BCUT2D eigenvalue weighted by Gasteiger charge is 2.33. The third kappa shape index (κ3) is 4.91. The molecule has 1 aliphatic rings.